The van der Waals surface area contributed by atoms with Crippen LogP contribution in [0.4, 0.5) is 22.1 Å². The SMILES string of the molecule is CCNc1cc(NCCNC(=O)Nc2ccc(C)cc2)nc(C)n1. The van der Waals surface area contributed by atoms with Crippen LogP contribution in [-0.2, 0) is 0 Å². The Kier molecular flexibility index (Phi) is 6.36. The molecule has 0 saturated heterocycles. The van der Waals surface area contributed by atoms with Crippen molar-refractivity contribution in [1.82, 2.24) is 15.3 Å². The van der Waals surface area contributed by atoms with E-state index >= 15 is 0 Å². The van der Waals surface area contributed by atoms with E-state index in [1.165, 1.54) is 0 Å². The number of nitrogens with zero attached hydrogens (tertiary/aromatic N) is 2. The number of nitrogens with one attached hydrogen (secondary N) is 4. The molecule has 0 atom stereocenters. The smallest absolute Gasteiger partial charge is 0.319 e. The van der Waals surface area contributed by atoms with E-state index in [2.05, 4.69) is 31.2 Å². The van der Waals surface area contributed by atoms with Gasteiger partial charge in [0.05, 0.1) is 0 Å². The molecule has 0 aliphatic heterocycles. The summed E-state index contributed by atoms with van der Waals surface area (Å²) < 4.78 is 0. The fraction of sp³-hybridized carbons (Fsp3) is 0.353. The van der Waals surface area contributed by atoms with Crippen molar-refractivity contribution in [2.45, 2.75) is 20.8 Å². The third-order valence-corrected chi connectivity index (χ3v) is 3.22. The molecule has 0 saturated carbocycles. The number of amides is 2. The molecule has 0 aliphatic rings. The zero-order valence-corrected chi connectivity index (χ0v) is 14.3. The summed E-state index contributed by atoms with van der Waals surface area (Å²) in [5, 5.41) is 11.9. The molecule has 2 aromatic rings. The molecule has 7 nitrogen and oxygen atoms in total. The van der Waals surface area contributed by atoms with Gasteiger partial charge in [0.2, 0.25) is 0 Å². The second-order valence-electron chi connectivity index (χ2n) is 5.39. The van der Waals surface area contributed by atoms with Gasteiger partial charge in [0.15, 0.2) is 0 Å². The van der Waals surface area contributed by atoms with Crippen molar-refractivity contribution >= 4 is 23.4 Å². The van der Waals surface area contributed by atoms with E-state index in [0.29, 0.717) is 18.9 Å². The molecular formula is C17H24N6O. The first-order chi connectivity index (χ1) is 11.6. The summed E-state index contributed by atoms with van der Waals surface area (Å²) in [5.74, 6) is 2.22. The first-order valence-corrected chi connectivity index (χ1v) is 8.02. The molecule has 1 heterocycles. The van der Waals surface area contributed by atoms with E-state index in [-0.39, 0.29) is 6.03 Å². The van der Waals surface area contributed by atoms with Gasteiger partial charge in [-0.25, -0.2) is 14.8 Å². The largest absolute Gasteiger partial charge is 0.370 e. The Bertz CT molecular complexity index is 671. The second-order valence-corrected chi connectivity index (χ2v) is 5.39. The van der Waals surface area contributed by atoms with E-state index in [1.54, 1.807) is 0 Å². The van der Waals surface area contributed by atoms with Crippen molar-refractivity contribution in [2.75, 3.05) is 35.6 Å². The lowest BCUT2D eigenvalue weighted by Crippen LogP contribution is -2.32. The van der Waals surface area contributed by atoms with E-state index in [4.69, 9.17) is 0 Å². The molecular weight excluding hydrogens is 304 g/mol. The summed E-state index contributed by atoms with van der Waals surface area (Å²) >= 11 is 0. The van der Waals surface area contributed by atoms with Gasteiger partial charge in [-0.2, -0.15) is 0 Å². The summed E-state index contributed by atoms with van der Waals surface area (Å²) in [6.45, 7) is 7.73. The van der Waals surface area contributed by atoms with Gasteiger partial charge in [-0.05, 0) is 32.9 Å². The first-order valence-electron chi connectivity index (χ1n) is 8.02. The number of urea groups is 1. The summed E-state index contributed by atoms with van der Waals surface area (Å²) in [6, 6.07) is 9.28. The van der Waals surface area contributed by atoms with Crippen LogP contribution in [0.1, 0.15) is 18.3 Å². The number of aromatic nitrogens is 2. The average Bonchev–Trinajstić information content (AvgIpc) is 2.54. The number of benzene rings is 1. The van der Waals surface area contributed by atoms with Crippen LogP contribution < -0.4 is 21.3 Å². The van der Waals surface area contributed by atoms with Crippen LogP contribution in [0.25, 0.3) is 0 Å². The Hall–Kier alpha value is -2.83. The highest BCUT2D eigenvalue weighted by Gasteiger charge is 2.03. The van der Waals surface area contributed by atoms with Gasteiger partial charge in [0, 0.05) is 31.4 Å². The second kappa shape index (κ2) is 8.71. The lowest BCUT2D eigenvalue weighted by molar-refractivity contribution is 0.252. The van der Waals surface area contributed by atoms with Crippen LogP contribution in [0.5, 0.6) is 0 Å². The Balaban J connectivity index is 1.74. The molecule has 2 rings (SSSR count). The van der Waals surface area contributed by atoms with Crippen LogP contribution in [0.15, 0.2) is 30.3 Å². The number of aryl methyl sites for hydroxylation is 2. The Morgan fingerprint density at radius 2 is 1.67 bits per heavy atom. The fourth-order valence-electron chi connectivity index (χ4n) is 2.11. The number of hydrogen-bond acceptors (Lipinski definition) is 5. The molecule has 24 heavy (non-hydrogen) atoms. The first kappa shape index (κ1) is 17.5. The standard InChI is InChI=1S/C17H24N6O/c1-4-18-15-11-16(22-13(3)21-15)19-9-10-20-17(24)23-14-7-5-12(2)6-8-14/h5-8,11H,4,9-10H2,1-3H3,(H2,20,23,24)(H2,18,19,21,22). The van der Waals surface area contributed by atoms with Crippen LogP contribution in [0.3, 0.4) is 0 Å². The molecule has 4 N–H and O–H groups in total. The number of carbonyl (C=O) groups is 1. The molecule has 0 radical (unpaired) electrons. The van der Waals surface area contributed by atoms with Gasteiger partial charge < -0.3 is 21.3 Å². The minimum Gasteiger partial charge on any atom is -0.370 e. The summed E-state index contributed by atoms with van der Waals surface area (Å²) in [4.78, 5) is 20.4. The van der Waals surface area contributed by atoms with Crippen molar-refractivity contribution in [2.24, 2.45) is 0 Å². The van der Waals surface area contributed by atoms with E-state index in [1.807, 2.05) is 51.1 Å². The van der Waals surface area contributed by atoms with Crippen molar-refractivity contribution < 1.29 is 4.79 Å². The van der Waals surface area contributed by atoms with Crippen LogP contribution in [0.2, 0.25) is 0 Å². The van der Waals surface area contributed by atoms with E-state index in [0.717, 1.165) is 29.4 Å². The predicted molar refractivity (Wildman–Crippen MR) is 97.6 cm³/mol. The Labute approximate surface area is 142 Å². The van der Waals surface area contributed by atoms with Gasteiger partial charge in [-0.3, -0.25) is 0 Å². The maximum atomic E-state index is 11.8. The zero-order chi connectivity index (χ0) is 17.4. The van der Waals surface area contributed by atoms with Gasteiger partial charge >= 0.3 is 6.03 Å². The minimum absolute atomic E-state index is 0.229. The van der Waals surface area contributed by atoms with Crippen molar-refractivity contribution in [3.63, 3.8) is 0 Å². The normalized spacial score (nSPS) is 10.1. The maximum absolute atomic E-state index is 11.8. The highest BCUT2D eigenvalue weighted by Crippen LogP contribution is 2.10. The maximum Gasteiger partial charge on any atom is 0.319 e. The Morgan fingerprint density at radius 1 is 1.00 bits per heavy atom. The number of rotatable bonds is 7. The number of anilines is 3. The van der Waals surface area contributed by atoms with Crippen LogP contribution in [-0.4, -0.2) is 35.6 Å². The zero-order valence-electron chi connectivity index (χ0n) is 14.3. The van der Waals surface area contributed by atoms with Crippen molar-refractivity contribution in [3.8, 4) is 0 Å². The molecule has 0 spiro atoms. The van der Waals surface area contributed by atoms with Crippen molar-refractivity contribution in [3.05, 3.63) is 41.7 Å². The van der Waals surface area contributed by atoms with E-state index in [9.17, 15) is 4.79 Å². The lowest BCUT2D eigenvalue weighted by Gasteiger charge is -2.10. The van der Waals surface area contributed by atoms with E-state index < -0.39 is 0 Å². The monoisotopic (exact) mass is 328 g/mol. The average molecular weight is 328 g/mol. The highest BCUT2D eigenvalue weighted by molar-refractivity contribution is 5.89. The van der Waals surface area contributed by atoms with Crippen LogP contribution >= 0.6 is 0 Å². The summed E-state index contributed by atoms with van der Waals surface area (Å²) in [5.41, 5.74) is 1.93. The molecule has 0 aliphatic carbocycles. The molecule has 7 heteroatoms. The molecule has 0 fully saturated rings. The van der Waals surface area contributed by atoms with Gasteiger partial charge in [-0.15, -0.1) is 0 Å². The molecule has 0 unspecified atom stereocenters. The van der Waals surface area contributed by atoms with Crippen molar-refractivity contribution in [1.29, 1.82) is 0 Å². The third-order valence-electron chi connectivity index (χ3n) is 3.22. The molecule has 0 bridgehead atoms. The van der Waals surface area contributed by atoms with Gasteiger partial charge in [0.1, 0.15) is 17.5 Å². The highest BCUT2D eigenvalue weighted by atomic mass is 16.2. The quantitative estimate of drug-likeness (QED) is 0.587. The number of carbonyl (C=O) groups excluding carboxylic acids is 1. The molecule has 1 aromatic carbocycles. The molecule has 128 valence electrons. The fourth-order valence-corrected chi connectivity index (χ4v) is 2.11. The number of hydrogen-bond donors (Lipinski definition) is 4. The minimum atomic E-state index is -0.229. The van der Waals surface area contributed by atoms with Crippen LogP contribution in [0, 0.1) is 13.8 Å². The summed E-state index contributed by atoms with van der Waals surface area (Å²) in [7, 11) is 0. The molecule has 1 aromatic heterocycles. The predicted octanol–water partition coefficient (Wildman–Crippen LogP) is 2.76. The van der Waals surface area contributed by atoms with Gasteiger partial charge in [0.25, 0.3) is 0 Å². The summed E-state index contributed by atoms with van der Waals surface area (Å²) in [6.07, 6.45) is 0. The third kappa shape index (κ3) is 5.75. The Morgan fingerprint density at radius 3 is 2.33 bits per heavy atom. The molecule has 2 amide bonds. The van der Waals surface area contributed by atoms with Gasteiger partial charge in [-0.1, -0.05) is 17.7 Å². The topological polar surface area (TPSA) is 91.0 Å². The lowest BCUT2D eigenvalue weighted by atomic mass is 10.2.